The highest BCUT2D eigenvalue weighted by Gasteiger charge is 2.17. The molecular formula is C11H18N4O4S. The summed E-state index contributed by atoms with van der Waals surface area (Å²) in [5.41, 5.74) is 1.55. The fourth-order valence-electron chi connectivity index (χ4n) is 1.46. The summed E-state index contributed by atoms with van der Waals surface area (Å²) in [5, 5.41) is 2.61. The van der Waals surface area contributed by atoms with Gasteiger partial charge in [0, 0.05) is 7.05 Å². The van der Waals surface area contributed by atoms with Crippen molar-refractivity contribution >= 4 is 21.6 Å². The van der Waals surface area contributed by atoms with E-state index in [0.717, 1.165) is 10.6 Å². The SMILES string of the molecule is COc1nc(C)c(NC(=O)CN(C)S(C)(=O)=O)c(C)n1. The topological polar surface area (TPSA) is 101 Å². The third-order valence-electron chi connectivity index (χ3n) is 2.63. The molecule has 0 bridgehead atoms. The Morgan fingerprint density at radius 1 is 1.30 bits per heavy atom. The van der Waals surface area contributed by atoms with E-state index in [0.29, 0.717) is 17.1 Å². The Kier molecular flexibility index (Phi) is 5.01. The molecule has 1 N–H and O–H groups in total. The second kappa shape index (κ2) is 6.14. The smallest absolute Gasteiger partial charge is 0.316 e. The van der Waals surface area contributed by atoms with Crippen molar-refractivity contribution in [2.24, 2.45) is 0 Å². The van der Waals surface area contributed by atoms with E-state index in [1.807, 2.05) is 0 Å². The molecule has 20 heavy (non-hydrogen) atoms. The maximum atomic E-state index is 11.8. The minimum absolute atomic E-state index is 0.214. The number of ether oxygens (including phenoxy) is 1. The minimum atomic E-state index is -3.40. The molecular weight excluding hydrogens is 284 g/mol. The third-order valence-corrected chi connectivity index (χ3v) is 3.89. The van der Waals surface area contributed by atoms with Crippen LogP contribution in [0.25, 0.3) is 0 Å². The van der Waals surface area contributed by atoms with Gasteiger partial charge in [-0.1, -0.05) is 0 Å². The fraction of sp³-hybridized carbons (Fsp3) is 0.545. The summed E-state index contributed by atoms with van der Waals surface area (Å²) in [6.45, 7) is 3.13. The van der Waals surface area contributed by atoms with Crippen molar-refractivity contribution in [2.75, 3.05) is 32.3 Å². The molecule has 0 saturated carbocycles. The zero-order chi connectivity index (χ0) is 15.5. The number of nitrogens with one attached hydrogen (secondary N) is 1. The fourth-order valence-corrected chi connectivity index (χ4v) is 1.81. The predicted octanol–water partition coefficient (Wildman–Crippen LogP) is -0.0681. The number of hydrogen-bond acceptors (Lipinski definition) is 6. The summed E-state index contributed by atoms with van der Waals surface area (Å²) >= 11 is 0. The van der Waals surface area contributed by atoms with Gasteiger partial charge in [0.05, 0.1) is 37.0 Å². The number of amides is 1. The lowest BCUT2D eigenvalue weighted by Gasteiger charge is -2.15. The molecule has 0 unspecified atom stereocenters. The van der Waals surface area contributed by atoms with E-state index in [1.54, 1.807) is 13.8 Å². The van der Waals surface area contributed by atoms with Crippen molar-refractivity contribution in [3.63, 3.8) is 0 Å². The standard InChI is InChI=1S/C11H18N4O4S/c1-7-10(8(2)13-11(12-7)19-4)14-9(16)6-15(3)20(5,17)18/h6H2,1-5H3,(H,14,16). The summed E-state index contributed by atoms with van der Waals surface area (Å²) in [6, 6.07) is 0.214. The van der Waals surface area contributed by atoms with Crippen LogP contribution in [0.15, 0.2) is 0 Å². The summed E-state index contributed by atoms with van der Waals surface area (Å²) < 4.78 is 28.4. The molecule has 1 aromatic rings. The number of carbonyl (C=O) groups excluding carboxylic acids is 1. The van der Waals surface area contributed by atoms with Gasteiger partial charge in [-0.25, -0.2) is 8.42 Å². The molecule has 0 aliphatic carbocycles. The zero-order valence-corrected chi connectivity index (χ0v) is 12.9. The minimum Gasteiger partial charge on any atom is -0.467 e. The Balaban J connectivity index is 2.87. The molecule has 0 saturated heterocycles. The van der Waals surface area contributed by atoms with Gasteiger partial charge in [-0.15, -0.1) is 0 Å². The van der Waals surface area contributed by atoms with Gasteiger partial charge in [-0.3, -0.25) is 4.79 Å². The van der Waals surface area contributed by atoms with Crippen LogP contribution in [-0.4, -0.2) is 55.6 Å². The normalized spacial score (nSPS) is 11.5. The van der Waals surface area contributed by atoms with E-state index in [1.165, 1.54) is 14.2 Å². The van der Waals surface area contributed by atoms with Crippen LogP contribution in [0.4, 0.5) is 5.69 Å². The van der Waals surface area contributed by atoms with Crippen molar-refractivity contribution < 1.29 is 17.9 Å². The Labute approximate surface area is 118 Å². The summed E-state index contributed by atoms with van der Waals surface area (Å²) in [7, 11) is -0.615. The molecule has 0 aliphatic heterocycles. The number of methoxy groups -OCH3 is 1. The van der Waals surface area contributed by atoms with Crippen molar-refractivity contribution in [1.29, 1.82) is 0 Å². The van der Waals surface area contributed by atoms with E-state index in [4.69, 9.17) is 4.74 Å². The number of likely N-dealkylation sites (N-methyl/N-ethyl adjacent to an activating group) is 1. The van der Waals surface area contributed by atoms with Crippen LogP contribution in [0.3, 0.4) is 0 Å². The molecule has 1 rings (SSSR count). The van der Waals surface area contributed by atoms with Crippen LogP contribution < -0.4 is 10.1 Å². The van der Waals surface area contributed by atoms with Crippen LogP contribution in [0.5, 0.6) is 6.01 Å². The molecule has 9 heteroatoms. The van der Waals surface area contributed by atoms with Gasteiger partial charge >= 0.3 is 6.01 Å². The molecule has 0 fully saturated rings. The average molecular weight is 302 g/mol. The first-order valence-corrected chi connectivity index (χ1v) is 7.60. The molecule has 0 aliphatic rings. The van der Waals surface area contributed by atoms with Gasteiger partial charge in [-0.2, -0.15) is 14.3 Å². The van der Waals surface area contributed by atoms with E-state index in [2.05, 4.69) is 15.3 Å². The number of rotatable bonds is 5. The largest absolute Gasteiger partial charge is 0.467 e. The van der Waals surface area contributed by atoms with Crippen LogP contribution in [0.1, 0.15) is 11.4 Å². The maximum absolute atomic E-state index is 11.8. The number of carbonyl (C=O) groups is 1. The van der Waals surface area contributed by atoms with Gasteiger partial charge < -0.3 is 10.1 Å². The van der Waals surface area contributed by atoms with E-state index >= 15 is 0 Å². The summed E-state index contributed by atoms with van der Waals surface area (Å²) in [4.78, 5) is 19.9. The number of nitrogens with zero attached hydrogens (tertiary/aromatic N) is 3. The maximum Gasteiger partial charge on any atom is 0.316 e. The van der Waals surface area contributed by atoms with Crippen LogP contribution in [-0.2, 0) is 14.8 Å². The molecule has 1 amide bonds. The third kappa shape index (κ3) is 4.14. The zero-order valence-electron chi connectivity index (χ0n) is 12.1. The van der Waals surface area contributed by atoms with Gasteiger partial charge in [0.25, 0.3) is 0 Å². The number of aryl methyl sites for hydroxylation is 2. The molecule has 0 aromatic carbocycles. The lowest BCUT2D eigenvalue weighted by atomic mass is 10.3. The first-order valence-electron chi connectivity index (χ1n) is 5.75. The number of sulfonamides is 1. The van der Waals surface area contributed by atoms with Crippen molar-refractivity contribution in [3.05, 3.63) is 11.4 Å². The number of aromatic nitrogens is 2. The van der Waals surface area contributed by atoms with E-state index in [9.17, 15) is 13.2 Å². The first kappa shape index (κ1) is 16.3. The lowest BCUT2D eigenvalue weighted by Crippen LogP contribution is -2.34. The second-order valence-corrected chi connectivity index (χ2v) is 6.41. The van der Waals surface area contributed by atoms with Gasteiger partial charge in [0.2, 0.25) is 15.9 Å². The number of anilines is 1. The van der Waals surface area contributed by atoms with Crippen molar-refractivity contribution in [3.8, 4) is 6.01 Å². The number of hydrogen-bond donors (Lipinski definition) is 1. The van der Waals surface area contributed by atoms with Crippen LogP contribution >= 0.6 is 0 Å². The predicted molar refractivity (Wildman–Crippen MR) is 74.2 cm³/mol. The highest BCUT2D eigenvalue weighted by molar-refractivity contribution is 7.88. The van der Waals surface area contributed by atoms with E-state index < -0.39 is 15.9 Å². The van der Waals surface area contributed by atoms with E-state index in [-0.39, 0.29) is 12.6 Å². The lowest BCUT2D eigenvalue weighted by molar-refractivity contribution is -0.116. The Bertz CT molecular complexity index is 592. The first-order chi connectivity index (χ1) is 9.15. The average Bonchev–Trinajstić information content (AvgIpc) is 2.32. The molecule has 1 heterocycles. The molecule has 1 aromatic heterocycles. The van der Waals surface area contributed by atoms with Crippen molar-refractivity contribution in [1.82, 2.24) is 14.3 Å². The highest BCUT2D eigenvalue weighted by atomic mass is 32.2. The molecule has 112 valence electrons. The Morgan fingerprint density at radius 3 is 2.20 bits per heavy atom. The Hall–Kier alpha value is -1.74. The Morgan fingerprint density at radius 2 is 1.80 bits per heavy atom. The summed E-state index contributed by atoms with van der Waals surface area (Å²) in [5.74, 6) is -0.460. The van der Waals surface area contributed by atoms with Gasteiger partial charge in [-0.05, 0) is 13.8 Å². The summed E-state index contributed by atoms with van der Waals surface area (Å²) in [6.07, 6.45) is 1.03. The van der Waals surface area contributed by atoms with Crippen LogP contribution in [0, 0.1) is 13.8 Å². The van der Waals surface area contributed by atoms with Crippen molar-refractivity contribution in [2.45, 2.75) is 13.8 Å². The monoisotopic (exact) mass is 302 g/mol. The molecule has 0 spiro atoms. The molecule has 8 nitrogen and oxygen atoms in total. The van der Waals surface area contributed by atoms with Crippen LogP contribution in [0.2, 0.25) is 0 Å². The quantitative estimate of drug-likeness (QED) is 0.817. The molecule has 0 atom stereocenters. The second-order valence-electron chi connectivity index (χ2n) is 4.32. The van der Waals surface area contributed by atoms with Gasteiger partial charge in [0.1, 0.15) is 0 Å². The van der Waals surface area contributed by atoms with Gasteiger partial charge in [0.15, 0.2) is 0 Å². The highest BCUT2D eigenvalue weighted by Crippen LogP contribution is 2.19. The molecule has 0 radical (unpaired) electrons.